The normalized spacial score (nSPS) is 11.9. The molecule has 1 heterocycles. The van der Waals surface area contributed by atoms with Crippen molar-refractivity contribution in [3.8, 4) is 11.3 Å². The number of nitrogens with one attached hydrogen (secondary N) is 1. The van der Waals surface area contributed by atoms with Crippen LogP contribution in [0.3, 0.4) is 0 Å². The van der Waals surface area contributed by atoms with Gasteiger partial charge in [0.1, 0.15) is 5.69 Å². The molecule has 1 aromatic heterocycles. The van der Waals surface area contributed by atoms with Gasteiger partial charge in [-0.15, -0.1) is 0 Å². The van der Waals surface area contributed by atoms with E-state index in [1.807, 2.05) is 48.5 Å². The standard InChI is InChI=1S/C19H19N3O2/c1-22-13-16(19(21-22)15-10-6-3-7-11-15)20-18(24)12-17(23)14-8-4-2-5-9-14/h2-11,13,17,23H,12H2,1H3,(H,20,24). The second kappa shape index (κ2) is 7.10. The van der Waals surface area contributed by atoms with Crippen LogP contribution in [0.5, 0.6) is 0 Å². The van der Waals surface area contributed by atoms with Gasteiger partial charge in [0.2, 0.25) is 5.91 Å². The van der Waals surface area contributed by atoms with Crippen molar-refractivity contribution >= 4 is 11.6 Å². The van der Waals surface area contributed by atoms with Crippen LogP contribution in [0.15, 0.2) is 66.9 Å². The van der Waals surface area contributed by atoms with Crippen LogP contribution >= 0.6 is 0 Å². The summed E-state index contributed by atoms with van der Waals surface area (Å²) in [5, 5.41) is 17.4. The first-order chi connectivity index (χ1) is 11.6. The summed E-state index contributed by atoms with van der Waals surface area (Å²) < 4.78 is 1.66. The molecule has 0 fully saturated rings. The molecule has 0 saturated carbocycles. The quantitative estimate of drug-likeness (QED) is 0.758. The molecule has 0 aliphatic carbocycles. The number of aliphatic hydroxyl groups is 1. The number of rotatable bonds is 5. The highest BCUT2D eigenvalue weighted by molar-refractivity contribution is 5.94. The van der Waals surface area contributed by atoms with Crippen molar-refractivity contribution in [2.24, 2.45) is 7.05 Å². The maximum atomic E-state index is 12.3. The van der Waals surface area contributed by atoms with Crippen LogP contribution in [0.4, 0.5) is 5.69 Å². The predicted molar refractivity (Wildman–Crippen MR) is 93.3 cm³/mol. The fourth-order valence-electron chi connectivity index (χ4n) is 2.56. The Kier molecular flexibility index (Phi) is 4.72. The fraction of sp³-hybridized carbons (Fsp3) is 0.158. The lowest BCUT2D eigenvalue weighted by molar-refractivity contribution is -0.118. The molecule has 5 heteroatoms. The van der Waals surface area contributed by atoms with Gasteiger partial charge in [0.15, 0.2) is 0 Å². The lowest BCUT2D eigenvalue weighted by Crippen LogP contribution is -2.15. The second-order valence-electron chi connectivity index (χ2n) is 5.61. The molecular weight excluding hydrogens is 302 g/mol. The minimum absolute atomic E-state index is 0.00681. The van der Waals surface area contributed by atoms with E-state index >= 15 is 0 Å². The molecule has 0 saturated heterocycles. The molecule has 0 spiro atoms. The maximum absolute atomic E-state index is 12.3. The van der Waals surface area contributed by atoms with Gasteiger partial charge in [0.25, 0.3) is 0 Å². The van der Waals surface area contributed by atoms with Crippen molar-refractivity contribution in [1.29, 1.82) is 0 Å². The van der Waals surface area contributed by atoms with Crippen molar-refractivity contribution in [2.75, 3.05) is 5.32 Å². The summed E-state index contributed by atoms with van der Waals surface area (Å²) in [6.45, 7) is 0. The summed E-state index contributed by atoms with van der Waals surface area (Å²) in [5.74, 6) is -0.253. The third-order valence-corrected chi connectivity index (χ3v) is 3.71. The Hall–Kier alpha value is -2.92. The van der Waals surface area contributed by atoms with Crippen LogP contribution < -0.4 is 5.32 Å². The summed E-state index contributed by atoms with van der Waals surface area (Å²) in [5.41, 5.74) is 2.99. The fourth-order valence-corrected chi connectivity index (χ4v) is 2.56. The Bertz CT molecular complexity index is 813. The molecule has 1 amide bonds. The first kappa shape index (κ1) is 16.0. The number of aryl methyl sites for hydroxylation is 1. The van der Waals surface area contributed by atoms with Crippen molar-refractivity contribution in [3.63, 3.8) is 0 Å². The third-order valence-electron chi connectivity index (χ3n) is 3.71. The van der Waals surface area contributed by atoms with Crippen molar-refractivity contribution in [2.45, 2.75) is 12.5 Å². The zero-order valence-corrected chi connectivity index (χ0v) is 13.4. The molecule has 5 nitrogen and oxygen atoms in total. The summed E-state index contributed by atoms with van der Waals surface area (Å²) in [6, 6.07) is 18.8. The van der Waals surface area contributed by atoms with Gasteiger partial charge in [-0.05, 0) is 5.56 Å². The van der Waals surface area contributed by atoms with Crippen LogP contribution in [0.25, 0.3) is 11.3 Å². The largest absolute Gasteiger partial charge is 0.388 e. The molecule has 0 aliphatic rings. The number of hydrogen-bond donors (Lipinski definition) is 2. The number of anilines is 1. The van der Waals surface area contributed by atoms with E-state index < -0.39 is 6.10 Å². The number of aromatic nitrogens is 2. The van der Waals surface area contributed by atoms with Crippen LogP contribution in [-0.2, 0) is 11.8 Å². The Morgan fingerprint density at radius 1 is 1.12 bits per heavy atom. The van der Waals surface area contributed by atoms with Gasteiger partial charge in [0.05, 0.1) is 18.2 Å². The molecule has 1 atom stereocenters. The van der Waals surface area contributed by atoms with Crippen molar-refractivity contribution in [3.05, 3.63) is 72.4 Å². The molecule has 122 valence electrons. The third kappa shape index (κ3) is 3.70. The van der Waals surface area contributed by atoms with Gasteiger partial charge in [-0.1, -0.05) is 60.7 Å². The van der Waals surface area contributed by atoms with Gasteiger partial charge >= 0.3 is 0 Å². The van der Waals surface area contributed by atoms with E-state index in [2.05, 4.69) is 10.4 Å². The van der Waals surface area contributed by atoms with Crippen molar-refractivity contribution < 1.29 is 9.90 Å². The SMILES string of the molecule is Cn1cc(NC(=O)CC(O)c2ccccc2)c(-c2ccccc2)n1. The highest BCUT2D eigenvalue weighted by Crippen LogP contribution is 2.26. The number of carbonyl (C=O) groups excluding carboxylic acids is 1. The number of amides is 1. The van der Waals surface area contributed by atoms with Crippen LogP contribution in [-0.4, -0.2) is 20.8 Å². The Balaban J connectivity index is 1.73. The zero-order chi connectivity index (χ0) is 16.9. The Morgan fingerprint density at radius 2 is 1.75 bits per heavy atom. The average Bonchev–Trinajstić information content (AvgIpc) is 2.96. The minimum Gasteiger partial charge on any atom is -0.388 e. The zero-order valence-electron chi connectivity index (χ0n) is 13.4. The molecule has 2 N–H and O–H groups in total. The maximum Gasteiger partial charge on any atom is 0.227 e. The predicted octanol–water partition coefficient (Wildman–Crippen LogP) is 3.15. The number of hydrogen-bond acceptors (Lipinski definition) is 3. The molecule has 2 aromatic carbocycles. The molecule has 0 radical (unpaired) electrons. The number of carbonyl (C=O) groups is 1. The van der Waals surface area contributed by atoms with Gasteiger partial charge in [-0.3, -0.25) is 9.48 Å². The summed E-state index contributed by atoms with van der Waals surface area (Å²) in [7, 11) is 1.81. The second-order valence-corrected chi connectivity index (χ2v) is 5.61. The van der Waals surface area contributed by atoms with E-state index in [9.17, 15) is 9.90 Å². The topological polar surface area (TPSA) is 67.2 Å². The highest BCUT2D eigenvalue weighted by atomic mass is 16.3. The summed E-state index contributed by atoms with van der Waals surface area (Å²) in [4.78, 5) is 12.3. The van der Waals surface area contributed by atoms with E-state index in [0.717, 1.165) is 11.1 Å². The number of benzene rings is 2. The number of aliphatic hydroxyl groups excluding tert-OH is 1. The highest BCUT2D eigenvalue weighted by Gasteiger charge is 2.16. The van der Waals surface area contributed by atoms with E-state index in [1.54, 1.807) is 30.1 Å². The molecular formula is C19H19N3O2. The summed E-state index contributed by atoms with van der Waals surface area (Å²) >= 11 is 0. The molecule has 1 unspecified atom stereocenters. The molecule has 3 aromatic rings. The Morgan fingerprint density at radius 3 is 2.42 bits per heavy atom. The first-order valence-corrected chi connectivity index (χ1v) is 7.75. The van der Waals surface area contributed by atoms with Crippen LogP contribution in [0, 0.1) is 0 Å². The lowest BCUT2D eigenvalue weighted by atomic mass is 10.1. The molecule has 3 rings (SSSR count). The monoisotopic (exact) mass is 321 g/mol. The summed E-state index contributed by atoms with van der Waals surface area (Å²) in [6.07, 6.45) is 0.922. The van der Waals surface area contributed by atoms with Gasteiger partial charge < -0.3 is 10.4 Å². The van der Waals surface area contributed by atoms with Gasteiger partial charge in [-0.2, -0.15) is 5.10 Å². The minimum atomic E-state index is -0.831. The van der Waals surface area contributed by atoms with E-state index in [0.29, 0.717) is 11.4 Å². The van der Waals surface area contributed by atoms with E-state index in [4.69, 9.17) is 0 Å². The van der Waals surface area contributed by atoms with Gasteiger partial charge in [0, 0.05) is 18.8 Å². The molecule has 0 aliphatic heterocycles. The van der Waals surface area contributed by atoms with Crippen LogP contribution in [0.2, 0.25) is 0 Å². The Labute approximate surface area is 140 Å². The number of nitrogens with zero attached hydrogens (tertiary/aromatic N) is 2. The van der Waals surface area contributed by atoms with Crippen LogP contribution in [0.1, 0.15) is 18.1 Å². The molecule has 0 bridgehead atoms. The van der Waals surface area contributed by atoms with Crippen molar-refractivity contribution in [1.82, 2.24) is 9.78 Å². The first-order valence-electron chi connectivity index (χ1n) is 7.75. The smallest absolute Gasteiger partial charge is 0.227 e. The molecule has 24 heavy (non-hydrogen) atoms. The average molecular weight is 321 g/mol. The van der Waals surface area contributed by atoms with E-state index in [1.165, 1.54) is 0 Å². The van der Waals surface area contributed by atoms with E-state index in [-0.39, 0.29) is 12.3 Å². The van der Waals surface area contributed by atoms with Gasteiger partial charge in [-0.25, -0.2) is 0 Å². The lowest BCUT2D eigenvalue weighted by Gasteiger charge is -2.11.